The highest BCUT2D eigenvalue weighted by atomic mass is 14.9. The third kappa shape index (κ3) is 2.48. The second kappa shape index (κ2) is 4.10. The van der Waals surface area contributed by atoms with Gasteiger partial charge in [-0.05, 0) is 38.1 Å². The van der Waals surface area contributed by atoms with Crippen LogP contribution >= 0.6 is 0 Å². The van der Waals surface area contributed by atoms with Crippen molar-refractivity contribution in [1.29, 1.82) is 0 Å². The maximum absolute atomic E-state index is 3.38. The Morgan fingerprint density at radius 3 is 2.45 bits per heavy atom. The summed E-state index contributed by atoms with van der Waals surface area (Å²) in [6, 6.07) is 0.841. The van der Waals surface area contributed by atoms with Crippen LogP contribution in [0.3, 0.4) is 0 Å². The van der Waals surface area contributed by atoms with Crippen LogP contribution in [0.5, 0.6) is 0 Å². The van der Waals surface area contributed by atoms with E-state index in [4.69, 9.17) is 0 Å². The van der Waals surface area contributed by atoms with E-state index in [1.165, 1.54) is 25.7 Å². The van der Waals surface area contributed by atoms with Gasteiger partial charge in [-0.1, -0.05) is 20.3 Å². The molecule has 0 radical (unpaired) electrons. The van der Waals surface area contributed by atoms with Gasteiger partial charge in [-0.25, -0.2) is 0 Å². The second-order valence-electron chi connectivity index (χ2n) is 4.20. The summed E-state index contributed by atoms with van der Waals surface area (Å²) in [5.74, 6) is 1.87. The maximum Gasteiger partial charge on any atom is 0.00924 e. The van der Waals surface area contributed by atoms with Crippen LogP contribution in [0.25, 0.3) is 0 Å². The number of hydrogen-bond acceptors (Lipinski definition) is 1. The van der Waals surface area contributed by atoms with Crippen molar-refractivity contribution in [1.82, 2.24) is 5.32 Å². The zero-order chi connectivity index (χ0) is 8.27. The van der Waals surface area contributed by atoms with Gasteiger partial charge in [0.05, 0.1) is 0 Å². The van der Waals surface area contributed by atoms with Crippen molar-refractivity contribution in [2.24, 2.45) is 11.8 Å². The van der Waals surface area contributed by atoms with E-state index in [1.54, 1.807) is 0 Å². The predicted octanol–water partition coefficient (Wildman–Crippen LogP) is 2.42. The standard InChI is InChI=1S/C10H21N/c1-8(2)4-5-9-6-7-10(9)11-3/h8-11H,4-7H2,1-3H3. The highest BCUT2D eigenvalue weighted by molar-refractivity contribution is 4.85. The first-order valence-electron chi connectivity index (χ1n) is 4.91. The van der Waals surface area contributed by atoms with Gasteiger partial charge in [0.25, 0.3) is 0 Å². The van der Waals surface area contributed by atoms with Gasteiger partial charge < -0.3 is 5.32 Å². The smallest absolute Gasteiger partial charge is 0.00924 e. The molecule has 1 heteroatoms. The topological polar surface area (TPSA) is 12.0 Å². The van der Waals surface area contributed by atoms with Gasteiger partial charge in [-0.15, -0.1) is 0 Å². The van der Waals surface area contributed by atoms with Gasteiger partial charge in [0.2, 0.25) is 0 Å². The molecule has 1 nitrogen and oxygen atoms in total. The molecule has 0 bridgehead atoms. The molecule has 0 amide bonds. The van der Waals surface area contributed by atoms with E-state index in [1.807, 2.05) is 0 Å². The van der Waals surface area contributed by atoms with E-state index in [0.717, 1.165) is 17.9 Å². The molecule has 0 aliphatic heterocycles. The van der Waals surface area contributed by atoms with Crippen LogP contribution in [-0.4, -0.2) is 13.1 Å². The fourth-order valence-corrected chi connectivity index (χ4v) is 1.84. The van der Waals surface area contributed by atoms with Crippen LogP contribution in [-0.2, 0) is 0 Å². The van der Waals surface area contributed by atoms with E-state index in [2.05, 4.69) is 26.2 Å². The molecule has 1 rings (SSSR count). The van der Waals surface area contributed by atoms with Crippen LogP contribution in [0.4, 0.5) is 0 Å². The lowest BCUT2D eigenvalue weighted by Crippen LogP contribution is -2.41. The van der Waals surface area contributed by atoms with Crippen LogP contribution in [0.1, 0.15) is 39.5 Å². The summed E-state index contributed by atoms with van der Waals surface area (Å²) in [5.41, 5.74) is 0. The van der Waals surface area contributed by atoms with E-state index < -0.39 is 0 Å². The molecular weight excluding hydrogens is 134 g/mol. The quantitative estimate of drug-likeness (QED) is 0.657. The summed E-state index contributed by atoms with van der Waals surface area (Å²) in [7, 11) is 2.09. The Bertz CT molecular complexity index is 107. The van der Waals surface area contributed by atoms with Crippen molar-refractivity contribution in [3.05, 3.63) is 0 Å². The summed E-state index contributed by atoms with van der Waals surface area (Å²) < 4.78 is 0. The first-order valence-corrected chi connectivity index (χ1v) is 4.91. The second-order valence-corrected chi connectivity index (χ2v) is 4.20. The molecule has 0 aromatic heterocycles. The molecule has 11 heavy (non-hydrogen) atoms. The molecule has 1 aliphatic rings. The Morgan fingerprint density at radius 2 is 2.09 bits per heavy atom. The summed E-state index contributed by atoms with van der Waals surface area (Å²) in [4.78, 5) is 0. The highest BCUT2D eigenvalue weighted by Gasteiger charge is 2.28. The molecular formula is C10H21N. The van der Waals surface area contributed by atoms with Crippen molar-refractivity contribution in [3.8, 4) is 0 Å². The molecule has 0 spiro atoms. The lowest BCUT2D eigenvalue weighted by molar-refractivity contribution is 0.197. The minimum Gasteiger partial charge on any atom is -0.317 e. The molecule has 2 atom stereocenters. The molecule has 0 aromatic carbocycles. The predicted molar refractivity (Wildman–Crippen MR) is 49.6 cm³/mol. The molecule has 1 N–H and O–H groups in total. The van der Waals surface area contributed by atoms with Crippen LogP contribution in [0.15, 0.2) is 0 Å². The Labute approximate surface area is 70.6 Å². The summed E-state index contributed by atoms with van der Waals surface area (Å²) in [6.07, 6.45) is 5.70. The molecule has 1 fully saturated rings. The largest absolute Gasteiger partial charge is 0.317 e. The fourth-order valence-electron chi connectivity index (χ4n) is 1.84. The van der Waals surface area contributed by atoms with Gasteiger partial charge >= 0.3 is 0 Å². The zero-order valence-corrected chi connectivity index (χ0v) is 8.06. The Balaban J connectivity index is 2.07. The minimum atomic E-state index is 0.841. The molecule has 0 saturated heterocycles. The molecule has 1 saturated carbocycles. The van der Waals surface area contributed by atoms with E-state index in [0.29, 0.717) is 0 Å². The van der Waals surface area contributed by atoms with Crippen LogP contribution in [0, 0.1) is 11.8 Å². The van der Waals surface area contributed by atoms with Crippen LogP contribution < -0.4 is 5.32 Å². The van der Waals surface area contributed by atoms with Crippen molar-refractivity contribution in [3.63, 3.8) is 0 Å². The van der Waals surface area contributed by atoms with Crippen molar-refractivity contribution < 1.29 is 0 Å². The maximum atomic E-state index is 3.38. The molecule has 0 heterocycles. The Kier molecular flexibility index (Phi) is 3.38. The summed E-state index contributed by atoms with van der Waals surface area (Å²) >= 11 is 0. The number of rotatable bonds is 4. The Morgan fingerprint density at radius 1 is 1.36 bits per heavy atom. The lowest BCUT2D eigenvalue weighted by Gasteiger charge is -2.36. The van der Waals surface area contributed by atoms with Crippen molar-refractivity contribution >= 4 is 0 Å². The highest BCUT2D eigenvalue weighted by Crippen LogP contribution is 2.31. The lowest BCUT2D eigenvalue weighted by atomic mass is 9.76. The first kappa shape index (κ1) is 9.05. The van der Waals surface area contributed by atoms with E-state index in [-0.39, 0.29) is 0 Å². The van der Waals surface area contributed by atoms with Gasteiger partial charge in [-0.2, -0.15) is 0 Å². The number of nitrogens with one attached hydrogen (secondary N) is 1. The molecule has 2 unspecified atom stereocenters. The van der Waals surface area contributed by atoms with Crippen molar-refractivity contribution in [2.45, 2.75) is 45.6 Å². The SMILES string of the molecule is CNC1CCC1CCC(C)C. The Hall–Kier alpha value is -0.0400. The summed E-state index contributed by atoms with van der Waals surface area (Å²) in [5, 5.41) is 3.38. The summed E-state index contributed by atoms with van der Waals surface area (Å²) in [6.45, 7) is 4.63. The molecule has 1 aliphatic carbocycles. The zero-order valence-electron chi connectivity index (χ0n) is 8.06. The average molecular weight is 155 g/mol. The third-order valence-corrected chi connectivity index (χ3v) is 2.90. The van der Waals surface area contributed by atoms with Gasteiger partial charge in [0.15, 0.2) is 0 Å². The van der Waals surface area contributed by atoms with E-state index >= 15 is 0 Å². The van der Waals surface area contributed by atoms with E-state index in [9.17, 15) is 0 Å². The van der Waals surface area contributed by atoms with Crippen LogP contribution in [0.2, 0.25) is 0 Å². The van der Waals surface area contributed by atoms with Gasteiger partial charge in [0.1, 0.15) is 0 Å². The normalized spacial score (nSPS) is 30.5. The average Bonchev–Trinajstić information content (AvgIpc) is 1.86. The van der Waals surface area contributed by atoms with Gasteiger partial charge in [0, 0.05) is 6.04 Å². The fraction of sp³-hybridized carbons (Fsp3) is 1.00. The third-order valence-electron chi connectivity index (χ3n) is 2.90. The van der Waals surface area contributed by atoms with Crippen molar-refractivity contribution in [2.75, 3.05) is 7.05 Å². The number of hydrogen-bond donors (Lipinski definition) is 1. The monoisotopic (exact) mass is 155 g/mol. The minimum absolute atomic E-state index is 0.841. The first-order chi connectivity index (χ1) is 5.24. The molecule has 66 valence electrons. The molecule has 0 aromatic rings. The van der Waals surface area contributed by atoms with Gasteiger partial charge in [-0.3, -0.25) is 0 Å².